The number of likely N-dealkylation sites (N-methyl/N-ethyl adjacent to an activating group) is 1. The number of nitrogens with zero attached hydrogens (tertiary/aromatic N) is 3. The summed E-state index contributed by atoms with van der Waals surface area (Å²) in [5.74, 6) is -0.975. The average Bonchev–Trinajstić information content (AvgIpc) is 2.82. The highest BCUT2D eigenvalue weighted by Crippen LogP contribution is 2.20. The number of carboxylic acid groups (broad SMARTS) is 1. The number of piperazine rings is 1. The molecule has 1 fully saturated rings. The number of carbonyl (C=O) groups is 1. The predicted octanol–water partition coefficient (Wildman–Crippen LogP) is 1.10. The molecule has 2 aromatic rings. The Balaban J connectivity index is 1.77. The molecule has 0 spiro atoms. The van der Waals surface area contributed by atoms with Crippen LogP contribution < -0.4 is 5.43 Å². The maximum Gasteiger partial charge on any atom is 0.335 e. The second-order valence-corrected chi connectivity index (χ2v) is 4.91. The Hall–Kier alpha value is -2.12. The summed E-state index contributed by atoms with van der Waals surface area (Å²) in [5.41, 5.74) is 4.43. The molecule has 7 nitrogen and oxygen atoms in total. The summed E-state index contributed by atoms with van der Waals surface area (Å²) in [4.78, 5) is 17.5. The Bertz CT molecular complexity index is 632. The van der Waals surface area contributed by atoms with E-state index < -0.39 is 5.97 Å². The number of carboxylic acids is 1. The van der Waals surface area contributed by atoms with Gasteiger partial charge in [-0.3, -0.25) is 5.43 Å². The Labute approximate surface area is 115 Å². The molecule has 1 aromatic carbocycles. The maximum absolute atomic E-state index is 10.9. The minimum Gasteiger partial charge on any atom is -0.478 e. The van der Waals surface area contributed by atoms with E-state index in [0.717, 1.165) is 26.2 Å². The van der Waals surface area contributed by atoms with Crippen molar-refractivity contribution in [1.82, 2.24) is 14.9 Å². The lowest BCUT2D eigenvalue weighted by Crippen LogP contribution is -2.46. The fraction of sp³-hybridized carbons (Fsp3) is 0.385. The molecule has 106 valence electrons. The number of hydrogen-bond donors (Lipinski definition) is 2. The normalized spacial score (nSPS) is 17.4. The summed E-state index contributed by atoms with van der Waals surface area (Å²) in [6, 6.07) is 5.05. The van der Waals surface area contributed by atoms with Crippen molar-refractivity contribution >= 4 is 23.1 Å². The number of hydrazine groups is 1. The quantitative estimate of drug-likeness (QED) is 0.868. The maximum atomic E-state index is 10.9. The van der Waals surface area contributed by atoms with Gasteiger partial charge in [-0.2, -0.15) is 4.98 Å². The van der Waals surface area contributed by atoms with E-state index in [1.807, 2.05) is 5.01 Å². The molecule has 20 heavy (non-hydrogen) atoms. The zero-order chi connectivity index (χ0) is 14.1. The molecule has 0 saturated carbocycles. The zero-order valence-electron chi connectivity index (χ0n) is 11.2. The average molecular weight is 276 g/mol. The van der Waals surface area contributed by atoms with Gasteiger partial charge in [0.1, 0.15) is 5.52 Å². The number of aromatic nitrogens is 1. The van der Waals surface area contributed by atoms with Gasteiger partial charge in [0.25, 0.3) is 0 Å². The zero-order valence-corrected chi connectivity index (χ0v) is 11.2. The van der Waals surface area contributed by atoms with Crippen molar-refractivity contribution in [2.75, 3.05) is 38.7 Å². The van der Waals surface area contributed by atoms with Crippen LogP contribution in [0.1, 0.15) is 10.4 Å². The van der Waals surface area contributed by atoms with E-state index >= 15 is 0 Å². The third-order valence-electron chi connectivity index (χ3n) is 3.39. The lowest BCUT2D eigenvalue weighted by molar-refractivity contribution is 0.0697. The molecular weight excluding hydrogens is 260 g/mol. The number of hydrogen-bond acceptors (Lipinski definition) is 6. The highest BCUT2D eigenvalue weighted by atomic mass is 16.4. The van der Waals surface area contributed by atoms with Gasteiger partial charge in [0.2, 0.25) is 0 Å². The molecule has 3 rings (SSSR count). The molecule has 0 amide bonds. The highest BCUT2D eigenvalue weighted by Gasteiger charge is 2.16. The topological polar surface area (TPSA) is 81.8 Å². The van der Waals surface area contributed by atoms with E-state index in [1.54, 1.807) is 6.07 Å². The van der Waals surface area contributed by atoms with Gasteiger partial charge in [0, 0.05) is 26.2 Å². The Morgan fingerprint density at radius 2 is 2.10 bits per heavy atom. The number of rotatable bonds is 3. The van der Waals surface area contributed by atoms with Crippen LogP contribution >= 0.6 is 0 Å². The van der Waals surface area contributed by atoms with Crippen LogP contribution in [0.25, 0.3) is 11.1 Å². The minimum absolute atomic E-state index is 0.194. The summed E-state index contributed by atoms with van der Waals surface area (Å²) >= 11 is 0. The summed E-state index contributed by atoms with van der Waals surface area (Å²) in [7, 11) is 2.09. The van der Waals surface area contributed by atoms with Crippen LogP contribution in [0.2, 0.25) is 0 Å². The minimum atomic E-state index is -0.975. The van der Waals surface area contributed by atoms with Crippen molar-refractivity contribution in [3.63, 3.8) is 0 Å². The molecule has 1 aliphatic rings. The number of nitrogens with one attached hydrogen (secondary N) is 1. The van der Waals surface area contributed by atoms with Crippen LogP contribution in [-0.2, 0) is 0 Å². The monoisotopic (exact) mass is 276 g/mol. The van der Waals surface area contributed by atoms with Gasteiger partial charge in [0.05, 0.1) is 5.56 Å². The van der Waals surface area contributed by atoms with Crippen LogP contribution in [0.15, 0.2) is 22.6 Å². The molecular formula is C13H16N4O3. The highest BCUT2D eigenvalue weighted by molar-refractivity contribution is 5.92. The number of aromatic carboxylic acids is 1. The van der Waals surface area contributed by atoms with Crippen molar-refractivity contribution in [3.05, 3.63) is 23.8 Å². The number of oxazole rings is 1. The van der Waals surface area contributed by atoms with Crippen LogP contribution in [0, 0.1) is 0 Å². The first-order chi connectivity index (χ1) is 9.61. The molecule has 0 aliphatic carbocycles. The van der Waals surface area contributed by atoms with Crippen LogP contribution in [-0.4, -0.2) is 59.2 Å². The molecule has 1 aromatic heterocycles. The SMILES string of the molecule is CN1CCN(Nc2nc3ccc(C(=O)O)cc3o2)CC1. The first kappa shape index (κ1) is 12.9. The van der Waals surface area contributed by atoms with E-state index in [2.05, 4.69) is 22.4 Å². The van der Waals surface area contributed by atoms with E-state index in [4.69, 9.17) is 9.52 Å². The molecule has 7 heteroatoms. The van der Waals surface area contributed by atoms with Crippen molar-refractivity contribution in [3.8, 4) is 0 Å². The second-order valence-electron chi connectivity index (χ2n) is 4.91. The fourth-order valence-electron chi connectivity index (χ4n) is 2.16. The van der Waals surface area contributed by atoms with Gasteiger partial charge in [-0.15, -0.1) is 0 Å². The third-order valence-corrected chi connectivity index (χ3v) is 3.39. The number of anilines is 1. The van der Waals surface area contributed by atoms with Gasteiger partial charge in [-0.25, -0.2) is 9.80 Å². The van der Waals surface area contributed by atoms with Gasteiger partial charge >= 0.3 is 12.0 Å². The lowest BCUT2D eigenvalue weighted by Gasteiger charge is -2.31. The molecule has 0 atom stereocenters. The number of fused-ring (bicyclic) bond motifs is 1. The Kier molecular flexibility index (Phi) is 3.29. The molecule has 0 bridgehead atoms. The standard InChI is InChI=1S/C13H16N4O3/c1-16-4-6-17(7-5-16)15-13-14-10-3-2-9(12(18)19)8-11(10)20-13/h2-3,8H,4-7H2,1H3,(H,14,15)(H,18,19). The van der Waals surface area contributed by atoms with Crippen molar-refractivity contribution in [1.29, 1.82) is 0 Å². The van der Waals surface area contributed by atoms with Crippen LogP contribution in [0.5, 0.6) is 0 Å². The van der Waals surface area contributed by atoms with Gasteiger partial charge in [-0.05, 0) is 25.2 Å². The Morgan fingerprint density at radius 3 is 2.80 bits per heavy atom. The lowest BCUT2D eigenvalue weighted by atomic mass is 10.2. The molecule has 0 unspecified atom stereocenters. The summed E-state index contributed by atoms with van der Waals surface area (Å²) in [6.07, 6.45) is 0. The number of benzene rings is 1. The summed E-state index contributed by atoms with van der Waals surface area (Å²) < 4.78 is 5.55. The second kappa shape index (κ2) is 5.10. The fourth-order valence-corrected chi connectivity index (χ4v) is 2.16. The van der Waals surface area contributed by atoms with E-state index in [0.29, 0.717) is 17.1 Å². The Morgan fingerprint density at radius 1 is 1.35 bits per heavy atom. The largest absolute Gasteiger partial charge is 0.478 e. The van der Waals surface area contributed by atoms with E-state index in [1.165, 1.54) is 12.1 Å². The van der Waals surface area contributed by atoms with Gasteiger partial charge in [-0.1, -0.05) is 0 Å². The van der Waals surface area contributed by atoms with E-state index in [-0.39, 0.29) is 5.56 Å². The van der Waals surface area contributed by atoms with Crippen molar-refractivity contribution in [2.24, 2.45) is 0 Å². The predicted molar refractivity (Wildman–Crippen MR) is 73.7 cm³/mol. The molecule has 0 radical (unpaired) electrons. The van der Waals surface area contributed by atoms with Crippen LogP contribution in [0.3, 0.4) is 0 Å². The van der Waals surface area contributed by atoms with E-state index in [9.17, 15) is 4.79 Å². The summed E-state index contributed by atoms with van der Waals surface area (Å²) in [5, 5.41) is 11.0. The third kappa shape index (κ3) is 2.59. The molecule has 2 heterocycles. The van der Waals surface area contributed by atoms with Crippen molar-refractivity contribution < 1.29 is 14.3 Å². The van der Waals surface area contributed by atoms with Gasteiger partial charge < -0.3 is 14.4 Å². The van der Waals surface area contributed by atoms with Crippen molar-refractivity contribution in [2.45, 2.75) is 0 Å². The van der Waals surface area contributed by atoms with Gasteiger partial charge in [0.15, 0.2) is 5.58 Å². The molecule has 1 saturated heterocycles. The smallest absolute Gasteiger partial charge is 0.335 e. The molecule has 2 N–H and O–H groups in total. The first-order valence-electron chi connectivity index (χ1n) is 6.46. The van der Waals surface area contributed by atoms with Crippen LogP contribution in [0.4, 0.5) is 6.01 Å². The summed E-state index contributed by atoms with van der Waals surface area (Å²) in [6.45, 7) is 3.73. The first-order valence-corrected chi connectivity index (χ1v) is 6.46. The molecule has 1 aliphatic heterocycles.